The van der Waals surface area contributed by atoms with Gasteiger partial charge >= 0.3 is 0 Å². The Morgan fingerprint density at radius 2 is 1.58 bits per heavy atom. The lowest BCUT2D eigenvalue weighted by Gasteiger charge is -2.00. The Balaban J connectivity index is 2.06. The summed E-state index contributed by atoms with van der Waals surface area (Å²) in [6, 6.07) is 7.86. The molecule has 0 amide bonds. The lowest BCUT2D eigenvalue weighted by atomic mass is 10.1. The van der Waals surface area contributed by atoms with Gasteiger partial charge in [0.25, 0.3) is 0 Å². The Morgan fingerprint density at radius 1 is 0.947 bits per heavy atom. The zero-order valence-corrected chi connectivity index (χ0v) is 12.4. The first-order valence-corrected chi connectivity index (χ1v) is 7.53. The lowest BCUT2D eigenvalue weighted by molar-refractivity contribution is 0.415. The normalized spacial score (nSPS) is 11.1. The molecule has 2 heteroatoms. The minimum Gasteiger partial charge on any atom is -0.497 e. The predicted molar refractivity (Wildman–Crippen MR) is 83.8 cm³/mol. The molecule has 1 aromatic rings. The molecule has 0 spiro atoms. The summed E-state index contributed by atoms with van der Waals surface area (Å²) in [7, 11) is 1.68. The number of aliphatic imine (C=N–C) groups is 1. The Bertz CT molecular complexity index is 343. The molecule has 19 heavy (non-hydrogen) atoms. The Kier molecular flexibility index (Phi) is 8.78. The summed E-state index contributed by atoms with van der Waals surface area (Å²) in [6.45, 7) is 2.26. The van der Waals surface area contributed by atoms with Crippen LogP contribution in [0.25, 0.3) is 0 Å². The highest BCUT2D eigenvalue weighted by molar-refractivity contribution is 5.63. The maximum absolute atomic E-state index is 5.12. The Hall–Kier alpha value is -1.31. The highest BCUT2D eigenvalue weighted by Gasteiger charge is 1.92. The molecule has 0 saturated heterocycles. The molecule has 0 radical (unpaired) electrons. The lowest BCUT2D eigenvalue weighted by Crippen LogP contribution is -1.82. The van der Waals surface area contributed by atoms with Crippen molar-refractivity contribution in [2.24, 2.45) is 4.99 Å². The number of unbranched alkanes of at least 4 members (excludes halogenated alkanes) is 7. The first-order chi connectivity index (χ1) is 9.36. The number of hydrogen-bond donors (Lipinski definition) is 0. The third kappa shape index (κ3) is 7.66. The summed E-state index contributed by atoms with van der Waals surface area (Å²) in [6.07, 6.45) is 12.6. The number of ether oxygens (including phenoxy) is 1. The minimum absolute atomic E-state index is 0.881. The van der Waals surface area contributed by atoms with Crippen molar-refractivity contribution in [2.45, 2.75) is 58.3 Å². The summed E-state index contributed by atoms with van der Waals surface area (Å²) in [5.41, 5.74) is 1.00. The van der Waals surface area contributed by atoms with Gasteiger partial charge in [0.05, 0.1) is 12.8 Å². The number of benzene rings is 1. The summed E-state index contributed by atoms with van der Waals surface area (Å²) in [5.74, 6) is 0.881. The van der Waals surface area contributed by atoms with Crippen LogP contribution in [0.2, 0.25) is 0 Å². The molecule has 0 bridgehead atoms. The molecule has 1 aromatic carbocycles. The smallest absolute Gasteiger partial charge is 0.119 e. The molecule has 0 unspecified atom stereocenters. The number of methoxy groups -OCH3 is 1. The predicted octanol–water partition coefficient (Wildman–Crippen LogP) is 5.54. The summed E-state index contributed by atoms with van der Waals surface area (Å²) < 4.78 is 5.12. The molecule has 0 heterocycles. The number of nitrogens with zero attached hydrogens (tertiary/aromatic N) is 1. The van der Waals surface area contributed by atoms with Crippen LogP contribution in [-0.2, 0) is 0 Å². The van der Waals surface area contributed by atoms with E-state index in [0.29, 0.717) is 0 Å². The van der Waals surface area contributed by atoms with Gasteiger partial charge in [-0.3, -0.25) is 4.99 Å². The van der Waals surface area contributed by atoms with Gasteiger partial charge in [-0.1, -0.05) is 45.4 Å². The Labute approximate surface area is 117 Å². The summed E-state index contributed by atoms with van der Waals surface area (Å²) in [5, 5.41) is 0. The van der Waals surface area contributed by atoms with Crippen LogP contribution >= 0.6 is 0 Å². The van der Waals surface area contributed by atoms with E-state index in [4.69, 9.17) is 4.74 Å². The van der Waals surface area contributed by atoms with E-state index in [2.05, 4.69) is 11.9 Å². The maximum atomic E-state index is 5.12. The van der Waals surface area contributed by atoms with Crippen LogP contribution < -0.4 is 4.74 Å². The minimum atomic E-state index is 0.881. The van der Waals surface area contributed by atoms with E-state index in [9.17, 15) is 0 Å². The van der Waals surface area contributed by atoms with Crippen LogP contribution in [0.15, 0.2) is 29.3 Å². The van der Waals surface area contributed by atoms with Gasteiger partial charge in [-0.05, 0) is 37.1 Å². The molecule has 0 aliphatic rings. The van der Waals surface area contributed by atoms with Gasteiger partial charge in [-0.2, -0.15) is 0 Å². The van der Waals surface area contributed by atoms with Crippen LogP contribution in [0.3, 0.4) is 0 Å². The van der Waals surface area contributed by atoms with Gasteiger partial charge in [0, 0.05) is 6.21 Å². The summed E-state index contributed by atoms with van der Waals surface area (Å²) in [4.78, 5) is 4.45. The van der Waals surface area contributed by atoms with E-state index < -0.39 is 0 Å². The second-order valence-electron chi connectivity index (χ2n) is 4.92. The maximum Gasteiger partial charge on any atom is 0.119 e. The van der Waals surface area contributed by atoms with Crippen molar-refractivity contribution in [3.05, 3.63) is 24.3 Å². The number of hydrogen-bond acceptors (Lipinski definition) is 2. The SMILES string of the molecule is CCCCCCCCCC=Nc1ccc(OC)cc1. The fraction of sp³-hybridized carbons (Fsp3) is 0.588. The zero-order chi connectivity index (χ0) is 13.8. The first-order valence-electron chi connectivity index (χ1n) is 7.53. The van der Waals surface area contributed by atoms with E-state index in [0.717, 1.165) is 17.9 Å². The van der Waals surface area contributed by atoms with E-state index in [1.807, 2.05) is 30.5 Å². The molecule has 0 aliphatic heterocycles. The molecule has 0 N–H and O–H groups in total. The molecular formula is C17H27NO. The fourth-order valence-corrected chi connectivity index (χ4v) is 2.03. The molecular weight excluding hydrogens is 234 g/mol. The molecule has 1 rings (SSSR count). The van der Waals surface area contributed by atoms with Gasteiger partial charge < -0.3 is 4.74 Å². The average Bonchev–Trinajstić information content (AvgIpc) is 2.46. The molecule has 0 atom stereocenters. The summed E-state index contributed by atoms with van der Waals surface area (Å²) >= 11 is 0. The van der Waals surface area contributed by atoms with Crippen LogP contribution in [-0.4, -0.2) is 13.3 Å². The van der Waals surface area contributed by atoms with Crippen molar-refractivity contribution in [1.82, 2.24) is 0 Å². The number of rotatable bonds is 10. The molecule has 106 valence electrons. The molecule has 0 fully saturated rings. The highest BCUT2D eigenvalue weighted by Crippen LogP contribution is 2.17. The fourth-order valence-electron chi connectivity index (χ4n) is 2.03. The topological polar surface area (TPSA) is 21.6 Å². The van der Waals surface area contributed by atoms with Crippen LogP contribution in [0.4, 0.5) is 5.69 Å². The van der Waals surface area contributed by atoms with Crippen LogP contribution in [0.5, 0.6) is 5.75 Å². The van der Waals surface area contributed by atoms with Gasteiger partial charge in [0.2, 0.25) is 0 Å². The van der Waals surface area contributed by atoms with Crippen molar-refractivity contribution < 1.29 is 4.74 Å². The molecule has 2 nitrogen and oxygen atoms in total. The second-order valence-corrected chi connectivity index (χ2v) is 4.92. The van der Waals surface area contributed by atoms with Gasteiger partial charge in [0.15, 0.2) is 0 Å². The van der Waals surface area contributed by atoms with Crippen molar-refractivity contribution in [1.29, 1.82) is 0 Å². The van der Waals surface area contributed by atoms with Crippen LogP contribution in [0.1, 0.15) is 58.3 Å². The standard InChI is InChI=1S/C17H27NO/c1-3-4-5-6-7-8-9-10-15-18-16-11-13-17(19-2)14-12-16/h11-15H,3-10H2,1-2H3. The van der Waals surface area contributed by atoms with Crippen molar-refractivity contribution in [3.63, 3.8) is 0 Å². The largest absolute Gasteiger partial charge is 0.497 e. The molecule has 0 aromatic heterocycles. The van der Waals surface area contributed by atoms with Gasteiger partial charge in [-0.25, -0.2) is 0 Å². The van der Waals surface area contributed by atoms with Crippen molar-refractivity contribution in [2.75, 3.05) is 7.11 Å². The average molecular weight is 261 g/mol. The highest BCUT2D eigenvalue weighted by atomic mass is 16.5. The molecule has 0 aliphatic carbocycles. The van der Waals surface area contributed by atoms with Gasteiger partial charge in [-0.15, -0.1) is 0 Å². The molecule has 0 saturated carbocycles. The zero-order valence-electron chi connectivity index (χ0n) is 12.4. The quantitative estimate of drug-likeness (QED) is 0.400. The van der Waals surface area contributed by atoms with E-state index in [1.165, 1.54) is 44.9 Å². The third-order valence-electron chi connectivity index (χ3n) is 3.25. The van der Waals surface area contributed by atoms with Gasteiger partial charge in [0.1, 0.15) is 5.75 Å². The Morgan fingerprint density at radius 3 is 2.21 bits per heavy atom. The van der Waals surface area contributed by atoms with E-state index in [1.54, 1.807) is 7.11 Å². The van der Waals surface area contributed by atoms with Crippen molar-refractivity contribution >= 4 is 11.9 Å². The van der Waals surface area contributed by atoms with Crippen molar-refractivity contribution in [3.8, 4) is 5.75 Å². The van der Waals surface area contributed by atoms with E-state index in [-0.39, 0.29) is 0 Å². The second kappa shape index (κ2) is 10.6. The first kappa shape index (κ1) is 15.7. The van der Waals surface area contributed by atoms with Crippen LogP contribution in [0, 0.1) is 0 Å². The monoisotopic (exact) mass is 261 g/mol. The van der Waals surface area contributed by atoms with E-state index >= 15 is 0 Å². The third-order valence-corrected chi connectivity index (χ3v) is 3.25.